The lowest BCUT2D eigenvalue weighted by atomic mass is 10.0. The highest BCUT2D eigenvalue weighted by Crippen LogP contribution is 2.25. The lowest BCUT2D eigenvalue weighted by molar-refractivity contribution is -0.122. The molecule has 7 nitrogen and oxygen atoms in total. The van der Waals surface area contributed by atoms with Gasteiger partial charge in [-0.1, -0.05) is 25.1 Å². The van der Waals surface area contributed by atoms with E-state index >= 15 is 0 Å². The normalized spacial score (nSPS) is 12.0. The van der Waals surface area contributed by atoms with Crippen molar-refractivity contribution in [3.8, 4) is 11.5 Å². The van der Waals surface area contributed by atoms with Crippen LogP contribution < -0.4 is 14.8 Å². The van der Waals surface area contributed by atoms with Crippen molar-refractivity contribution in [3.05, 3.63) is 36.2 Å². The van der Waals surface area contributed by atoms with Crippen molar-refractivity contribution in [1.82, 2.24) is 20.3 Å². The zero-order chi connectivity index (χ0) is 18.2. The molecule has 0 saturated carbocycles. The van der Waals surface area contributed by atoms with Gasteiger partial charge in [-0.2, -0.15) is 0 Å². The smallest absolute Gasteiger partial charge is 0.220 e. The summed E-state index contributed by atoms with van der Waals surface area (Å²) < 4.78 is 12.3. The van der Waals surface area contributed by atoms with Crippen LogP contribution in [0.15, 0.2) is 30.6 Å². The number of amides is 1. The van der Waals surface area contributed by atoms with Gasteiger partial charge in [0.2, 0.25) is 5.91 Å². The molecule has 1 atom stereocenters. The molecule has 136 valence electrons. The van der Waals surface area contributed by atoms with E-state index in [1.165, 1.54) is 0 Å². The number of methoxy groups -OCH3 is 2. The fraction of sp³-hybridized carbons (Fsp3) is 0.500. The minimum atomic E-state index is 0.00645. The summed E-state index contributed by atoms with van der Waals surface area (Å²) >= 11 is 0. The Morgan fingerprint density at radius 1 is 1.28 bits per heavy atom. The van der Waals surface area contributed by atoms with Crippen LogP contribution in [-0.2, 0) is 17.8 Å². The van der Waals surface area contributed by atoms with Gasteiger partial charge in [-0.15, -0.1) is 5.10 Å². The number of hydrogen-bond donors (Lipinski definition) is 1. The summed E-state index contributed by atoms with van der Waals surface area (Å²) in [5, 5.41) is 10.9. The summed E-state index contributed by atoms with van der Waals surface area (Å²) in [6.07, 6.45) is 4.43. The Bertz CT molecular complexity index is 671. The predicted molar refractivity (Wildman–Crippen MR) is 94.7 cm³/mol. The van der Waals surface area contributed by atoms with Crippen molar-refractivity contribution in [3.63, 3.8) is 0 Å². The Labute approximate surface area is 148 Å². The van der Waals surface area contributed by atoms with Crippen LogP contribution in [0.25, 0.3) is 0 Å². The van der Waals surface area contributed by atoms with Gasteiger partial charge in [0.05, 0.1) is 33.0 Å². The van der Waals surface area contributed by atoms with Crippen LogP contribution in [0.5, 0.6) is 11.5 Å². The largest absolute Gasteiger partial charge is 0.497 e. The van der Waals surface area contributed by atoms with Crippen LogP contribution in [0.4, 0.5) is 0 Å². The molecule has 0 aliphatic rings. The predicted octanol–water partition coefficient (Wildman–Crippen LogP) is 2.07. The molecule has 0 aliphatic heterocycles. The number of nitrogens with one attached hydrogen (secondary N) is 1. The third kappa shape index (κ3) is 5.48. The molecular weight excluding hydrogens is 320 g/mol. The number of nitrogens with zero attached hydrogens (tertiary/aromatic N) is 3. The molecule has 1 aromatic heterocycles. The van der Waals surface area contributed by atoms with E-state index in [4.69, 9.17) is 9.47 Å². The summed E-state index contributed by atoms with van der Waals surface area (Å²) in [4.78, 5) is 12.4. The number of carbonyl (C=O) groups is 1. The number of hydrogen-bond acceptors (Lipinski definition) is 5. The molecule has 1 N–H and O–H groups in total. The van der Waals surface area contributed by atoms with E-state index in [1.54, 1.807) is 31.3 Å². The maximum atomic E-state index is 12.4. The van der Waals surface area contributed by atoms with Gasteiger partial charge in [0, 0.05) is 18.7 Å². The summed E-state index contributed by atoms with van der Waals surface area (Å²) in [6.45, 7) is 4.76. The second-order valence-electron chi connectivity index (χ2n) is 6.22. The fourth-order valence-electron chi connectivity index (χ4n) is 2.54. The van der Waals surface area contributed by atoms with Gasteiger partial charge in [-0.3, -0.25) is 9.48 Å². The maximum absolute atomic E-state index is 12.4. The fourth-order valence-corrected chi connectivity index (χ4v) is 2.54. The van der Waals surface area contributed by atoms with Crippen LogP contribution >= 0.6 is 0 Å². The Morgan fingerprint density at radius 3 is 2.68 bits per heavy atom. The van der Waals surface area contributed by atoms with Crippen LogP contribution in [-0.4, -0.2) is 41.2 Å². The number of benzene rings is 1. The molecule has 0 saturated heterocycles. The third-order valence-electron chi connectivity index (χ3n) is 4.12. The summed E-state index contributed by atoms with van der Waals surface area (Å²) in [5.41, 5.74) is 0.982. The summed E-state index contributed by atoms with van der Waals surface area (Å²) in [7, 11) is 3.23. The van der Waals surface area contributed by atoms with Crippen molar-refractivity contribution in [2.24, 2.45) is 5.92 Å². The van der Waals surface area contributed by atoms with E-state index < -0.39 is 0 Å². The minimum absolute atomic E-state index is 0.00645. The van der Waals surface area contributed by atoms with Crippen molar-refractivity contribution in [2.45, 2.75) is 39.3 Å². The Morgan fingerprint density at radius 2 is 2.08 bits per heavy atom. The quantitative estimate of drug-likeness (QED) is 0.752. The van der Waals surface area contributed by atoms with Crippen LogP contribution in [0.2, 0.25) is 0 Å². The van der Waals surface area contributed by atoms with Gasteiger partial charge < -0.3 is 14.8 Å². The zero-order valence-corrected chi connectivity index (χ0v) is 15.2. The summed E-state index contributed by atoms with van der Waals surface area (Å²) in [6, 6.07) is 5.64. The Kier molecular flexibility index (Phi) is 6.80. The minimum Gasteiger partial charge on any atom is -0.497 e. The lowest BCUT2D eigenvalue weighted by Gasteiger charge is -2.22. The maximum Gasteiger partial charge on any atom is 0.220 e. The molecule has 1 amide bonds. The highest BCUT2D eigenvalue weighted by Gasteiger charge is 2.17. The topological polar surface area (TPSA) is 78.3 Å². The number of aromatic nitrogens is 3. The zero-order valence-electron chi connectivity index (χ0n) is 15.2. The highest BCUT2D eigenvalue weighted by atomic mass is 16.5. The SMILES string of the molecule is COc1ccc(CCC(=O)N[C@H](Cn2ccnn2)C(C)C)c(OC)c1. The second kappa shape index (κ2) is 9.05. The molecule has 0 unspecified atom stereocenters. The van der Waals surface area contributed by atoms with Crippen LogP contribution in [0.3, 0.4) is 0 Å². The number of aryl methyl sites for hydroxylation is 1. The average molecular weight is 346 g/mol. The Hall–Kier alpha value is -2.57. The van der Waals surface area contributed by atoms with Crippen molar-refractivity contribution in [2.75, 3.05) is 14.2 Å². The Balaban J connectivity index is 1.92. The second-order valence-corrected chi connectivity index (χ2v) is 6.22. The molecule has 25 heavy (non-hydrogen) atoms. The number of carbonyl (C=O) groups excluding carboxylic acids is 1. The standard InChI is InChI=1S/C18H26N4O3/c1-13(2)16(12-22-10-9-19-21-22)20-18(23)8-6-14-5-7-15(24-3)11-17(14)25-4/h5,7,9-11,13,16H,6,8,12H2,1-4H3,(H,20,23)/t16-/m1/s1. The van der Waals surface area contributed by atoms with E-state index in [9.17, 15) is 4.79 Å². The number of rotatable bonds is 9. The van der Waals surface area contributed by atoms with Gasteiger partial charge in [0.25, 0.3) is 0 Å². The first-order valence-electron chi connectivity index (χ1n) is 8.37. The van der Waals surface area contributed by atoms with E-state index in [-0.39, 0.29) is 11.9 Å². The molecule has 2 rings (SSSR count). The van der Waals surface area contributed by atoms with Crippen LogP contribution in [0, 0.1) is 5.92 Å². The molecule has 7 heteroatoms. The molecule has 0 aliphatic carbocycles. The number of ether oxygens (including phenoxy) is 2. The third-order valence-corrected chi connectivity index (χ3v) is 4.12. The molecule has 0 radical (unpaired) electrons. The van der Waals surface area contributed by atoms with Crippen molar-refractivity contribution >= 4 is 5.91 Å². The van der Waals surface area contributed by atoms with E-state index in [0.717, 1.165) is 17.1 Å². The van der Waals surface area contributed by atoms with Gasteiger partial charge in [-0.25, -0.2) is 0 Å². The first kappa shape index (κ1) is 18.8. The van der Waals surface area contributed by atoms with Gasteiger partial charge in [0.1, 0.15) is 11.5 Å². The first-order valence-corrected chi connectivity index (χ1v) is 8.37. The van der Waals surface area contributed by atoms with Crippen molar-refractivity contribution < 1.29 is 14.3 Å². The van der Waals surface area contributed by atoms with Gasteiger partial charge >= 0.3 is 0 Å². The van der Waals surface area contributed by atoms with Gasteiger partial charge in [-0.05, 0) is 24.0 Å². The average Bonchev–Trinajstić information content (AvgIpc) is 3.12. The van der Waals surface area contributed by atoms with Gasteiger partial charge in [0.15, 0.2) is 0 Å². The van der Waals surface area contributed by atoms with Crippen LogP contribution in [0.1, 0.15) is 25.8 Å². The first-order chi connectivity index (χ1) is 12.0. The molecule has 2 aromatic rings. The summed E-state index contributed by atoms with van der Waals surface area (Å²) in [5.74, 6) is 1.77. The molecule has 1 aromatic carbocycles. The molecule has 0 bridgehead atoms. The monoisotopic (exact) mass is 346 g/mol. The molecular formula is C18H26N4O3. The van der Waals surface area contributed by atoms with E-state index in [2.05, 4.69) is 29.5 Å². The molecule has 1 heterocycles. The van der Waals surface area contributed by atoms with Crippen molar-refractivity contribution in [1.29, 1.82) is 0 Å². The van der Waals surface area contributed by atoms with E-state index in [1.807, 2.05) is 18.2 Å². The molecule has 0 fully saturated rings. The van der Waals surface area contributed by atoms with E-state index in [0.29, 0.717) is 25.3 Å². The molecule has 0 spiro atoms. The highest BCUT2D eigenvalue weighted by molar-refractivity contribution is 5.76. The lowest BCUT2D eigenvalue weighted by Crippen LogP contribution is -2.41.